The molecule has 0 aromatic heterocycles. The van der Waals surface area contributed by atoms with Crippen LogP contribution in [0.2, 0.25) is 0 Å². The summed E-state index contributed by atoms with van der Waals surface area (Å²) in [5, 5.41) is 0. The number of ether oxygens (including phenoxy) is 2. The summed E-state index contributed by atoms with van der Waals surface area (Å²) in [5.41, 5.74) is 1.57. The number of hydrogen-bond acceptors (Lipinski definition) is 4. The van der Waals surface area contributed by atoms with Gasteiger partial charge in [0.1, 0.15) is 6.10 Å². The molecular weight excluding hydrogens is 292 g/mol. The van der Waals surface area contributed by atoms with Crippen LogP contribution in [0.5, 0.6) is 0 Å². The molecule has 0 unspecified atom stereocenters. The van der Waals surface area contributed by atoms with Gasteiger partial charge in [-0.1, -0.05) is 54.6 Å². The van der Waals surface area contributed by atoms with Crippen molar-refractivity contribution in [1.29, 1.82) is 0 Å². The first-order valence-corrected chi connectivity index (χ1v) is 7.60. The van der Waals surface area contributed by atoms with E-state index >= 15 is 0 Å². The molecule has 1 saturated heterocycles. The van der Waals surface area contributed by atoms with Crippen molar-refractivity contribution in [2.45, 2.75) is 18.4 Å². The van der Waals surface area contributed by atoms with E-state index in [1.54, 1.807) is 0 Å². The third-order valence-corrected chi connectivity index (χ3v) is 4.97. The highest BCUT2D eigenvalue weighted by Crippen LogP contribution is 2.59. The number of carbonyl (C=O) groups excluding carboxylic acids is 2. The predicted molar refractivity (Wildman–Crippen MR) is 82.6 cm³/mol. The second-order valence-corrected chi connectivity index (χ2v) is 6.05. The summed E-state index contributed by atoms with van der Waals surface area (Å²) in [6.07, 6.45) is -0.140. The molecule has 1 aliphatic heterocycles. The van der Waals surface area contributed by atoms with Crippen LogP contribution >= 0.6 is 0 Å². The standard InChI is InChI=1S/C19H16O4/c1-22-17(20)19-11-13-9-5-6-10-14(13)16(23-18(19)21)15(19)12-7-3-2-4-8-12/h2-10,15-16H,11H2,1H3/t15-,16+,19-/m0/s1. The molecule has 116 valence electrons. The molecule has 2 aromatic rings. The molecule has 0 saturated carbocycles. The van der Waals surface area contributed by atoms with Crippen LogP contribution in [0, 0.1) is 5.41 Å². The van der Waals surface area contributed by atoms with Gasteiger partial charge >= 0.3 is 11.9 Å². The zero-order chi connectivity index (χ0) is 16.0. The van der Waals surface area contributed by atoms with Gasteiger partial charge in [0.15, 0.2) is 5.41 Å². The van der Waals surface area contributed by atoms with Gasteiger partial charge in [0.2, 0.25) is 0 Å². The maximum absolute atomic E-state index is 12.7. The monoisotopic (exact) mass is 308 g/mol. The van der Waals surface area contributed by atoms with E-state index in [0.717, 1.165) is 16.7 Å². The third-order valence-electron chi connectivity index (χ3n) is 4.97. The molecule has 0 N–H and O–H groups in total. The van der Waals surface area contributed by atoms with Crippen molar-refractivity contribution < 1.29 is 19.1 Å². The number of methoxy groups -OCH3 is 1. The summed E-state index contributed by atoms with van der Waals surface area (Å²) < 4.78 is 10.7. The molecule has 0 amide bonds. The van der Waals surface area contributed by atoms with Crippen LogP contribution in [0.15, 0.2) is 54.6 Å². The van der Waals surface area contributed by atoms with E-state index in [9.17, 15) is 9.59 Å². The molecule has 2 bridgehead atoms. The Morgan fingerprint density at radius 2 is 1.83 bits per heavy atom. The summed E-state index contributed by atoms with van der Waals surface area (Å²) >= 11 is 0. The lowest BCUT2D eigenvalue weighted by Gasteiger charge is -2.35. The molecule has 1 fully saturated rings. The normalized spacial score (nSPS) is 28.0. The topological polar surface area (TPSA) is 52.6 Å². The number of fused-ring (bicyclic) bond motifs is 4. The fraction of sp³-hybridized carbons (Fsp3) is 0.263. The maximum atomic E-state index is 12.7. The predicted octanol–water partition coefficient (Wildman–Crippen LogP) is 2.78. The van der Waals surface area contributed by atoms with Gasteiger partial charge in [0.05, 0.1) is 13.0 Å². The van der Waals surface area contributed by atoms with Crippen molar-refractivity contribution in [3.8, 4) is 0 Å². The fourth-order valence-corrected chi connectivity index (χ4v) is 3.96. The Morgan fingerprint density at radius 3 is 2.57 bits per heavy atom. The van der Waals surface area contributed by atoms with E-state index < -0.39 is 23.5 Å². The van der Waals surface area contributed by atoms with Gasteiger partial charge in [-0.05, 0) is 16.7 Å². The van der Waals surface area contributed by atoms with Crippen molar-refractivity contribution in [2.24, 2.45) is 5.41 Å². The smallest absolute Gasteiger partial charge is 0.325 e. The molecule has 4 rings (SSSR count). The van der Waals surface area contributed by atoms with Crippen LogP contribution in [0.3, 0.4) is 0 Å². The minimum absolute atomic E-state index is 0.310. The Labute approximate surface area is 134 Å². The average molecular weight is 308 g/mol. The van der Waals surface area contributed by atoms with Crippen molar-refractivity contribution in [2.75, 3.05) is 7.11 Å². The largest absolute Gasteiger partial charge is 0.468 e. The lowest BCUT2D eigenvalue weighted by atomic mass is 9.62. The molecule has 23 heavy (non-hydrogen) atoms. The lowest BCUT2D eigenvalue weighted by Crippen LogP contribution is -2.45. The van der Waals surface area contributed by atoms with E-state index in [1.807, 2.05) is 54.6 Å². The van der Waals surface area contributed by atoms with Gasteiger partial charge in [0, 0.05) is 6.42 Å². The number of benzene rings is 2. The van der Waals surface area contributed by atoms with Crippen molar-refractivity contribution in [1.82, 2.24) is 0 Å². The van der Waals surface area contributed by atoms with Crippen LogP contribution in [0.1, 0.15) is 28.7 Å². The van der Waals surface area contributed by atoms with Crippen LogP contribution in [0.4, 0.5) is 0 Å². The minimum Gasteiger partial charge on any atom is -0.468 e. The molecule has 3 atom stereocenters. The summed E-state index contributed by atoms with van der Waals surface area (Å²) in [5.74, 6) is -1.37. The van der Waals surface area contributed by atoms with Gasteiger partial charge in [-0.15, -0.1) is 0 Å². The van der Waals surface area contributed by atoms with Crippen LogP contribution in [0.25, 0.3) is 0 Å². The van der Waals surface area contributed by atoms with Crippen molar-refractivity contribution in [3.63, 3.8) is 0 Å². The maximum Gasteiger partial charge on any atom is 0.325 e. The Kier molecular flexibility index (Phi) is 3.01. The van der Waals surface area contributed by atoms with Crippen molar-refractivity contribution >= 4 is 11.9 Å². The van der Waals surface area contributed by atoms with Gasteiger partial charge < -0.3 is 9.47 Å². The SMILES string of the molecule is COC(=O)[C@@]12Cc3ccccc3[C@@H](OC1=O)[C@@H]2c1ccccc1. The molecule has 2 aromatic carbocycles. The van der Waals surface area contributed by atoms with Crippen LogP contribution in [-0.4, -0.2) is 19.0 Å². The van der Waals surface area contributed by atoms with E-state index in [1.165, 1.54) is 7.11 Å². The molecule has 4 heteroatoms. The van der Waals surface area contributed by atoms with Gasteiger partial charge in [-0.3, -0.25) is 9.59 Å². The quantitative estimate of drug-likeness (QED) is 0.632. The van der Waals surface area contributed by atoms with Crippen molar-refractivity contribution in [3.05, 3.63) is 71.3 Å². The average Bonchev–Trinajstić information content (AvgIpc) is 2.82. The molecule has 0 spiro atoms. The highest BCUT2D eigenvalue weighted by atomic mass is 16.6. The molecule has 1 heterocycles. The Bertz CT molecular complexity index is 783. The van der Waals surface area contributed by atoms with E-state index in [4.69, 9.17) is 9.47 Å². The summed E-state index contributed by atoms with van der Waals surface area (Å²) in [6.45, 7) is 0. The lowest BCUT2D eigenvalue weighted by molar-refractivity contribution is -0.163. The Hall–Kier alpha value is -2.62. The summed E-state index contributed by atoms with van der Waals surface area (Å²) in [7, 11) is 1.32. The summed E-state index contributed by atoms with van der Waals surface area (Å²) in [6, 6.07) is 17.4. The molecule has 0 radical (unpaired) electrons. The highest BCUT2D eigenvalue weighted by molar-refractivity contribution is 6.04. The van der Waals surface area contributed by atoms with Gasteiger partial charge in [-0.25, -0.2) is 0 Å². The zero-order valence-electron chi connectivity index (χ0n) is 12.7. The summed E-state index contributed by atoms with van der Waals surface area (Å²) in [4.78, 5) is 25.3. The second kappa shape index (κ2) is 4.95. The Balaban J connectivity index is 1.96. The van der Waals surface area contributed by atoms with Crippen LogP contribution < -0.4 is 0 Å². The second-order valence-electron chi connectivity index (χ2n) is 6.05. The fourth-order valence-electron chi connectivity index (χ4n) is 3.96. The third kappa shape index (κ3) is 1.78. The van der Waals surface area contributed by atoms with Gasteiger partial charge in [-0.2, -0.15) is 0 Å². The Morgan fingerprint density at radius 1 is 1.13 bits per heavy atom. The first kappa shape index (κ1) is 14.0. The minimum atomic E-state index is -1.30. The van der Waals surface area contributed by atoms with E-state index in [2.05, 4.69) is 0 Å². The van der Waals surface area contributed by atoms with E-state index in [-0.39, 0.29) is 5.92 Å². The molecule has 2 aliphatic rings. The number of carbonyl (C=O) groups is 2. The number of hydrogen-bond donors (Lipinski definition) is 0. The molecular formula is C19H16O4. The van der Waals surface area contributed by atoms with Gasteiger partial charge in [0.25, 0.3) is 0 Å². The van der Waals surface area contributed by atoms with E-state index in [0.29, 0.717) is 6.42 Å². The molecule has 1 aliphatic carbocycles. The number of rotatable bonds is 2. The zero-order valence-corrected chi connectivity index (χ0v) is 12.7. The highest BCUT2D eigenvalue weighted by Gasteiger charge is 2.66. The number of esters is 2. The first-order chi connectivity index (χ1) is 11.2. The molecule has 4 nitrogen and oxygen atoms in total. The van der Waals surface area contributed by atoms with Crippen LogP contribution in [-0.2, 0) is 25.5 Å². The first-order valence-electron chi connectivity index (χ1n) is 7.60.